The van der Waals surface area contributed by atoms with Gasteiger partial charge >= 0.3 is 5.97 Å². The fraction of sp³-hybridized carbons (Fsp3) is 0.667. The Morgan fingerprint density at radius 1 is 1.42 bits per heavy atom. The van der Waals surface area contributed by atoms with Crippen LogP contribution in [0.4, 0.5) is 0 Å². The Balaban J connectivity index is 2.84. The highest BCUT2D eigenvalue weighted by molar-refractivity contribution is 5.75. The Bertz CT molecular complexity index is 401. The summed E-state index contributed by atoms with van der Waals surface area (Å²) >= 11 is 0. The van der Waals surface area contributed by atoms with E-state index in [1.165, 1.54) is 0 Å². The van der Waals surface area contributed by atoms with Gasteiger partial charge < -0.3 is 14.6 Å². The molecule has 0 bridgehead atoms. The summed E-state index contributed by atoms with van der Waals surface area (Å²) in [7, 11) is 1.60. The fourth-order valence-electron chi connectivity index (χ4n) is 2.00. The Morgan fingerprint density at radius 3 is 2.53 bits per heavy atom. The van der Waals surface area contributed by atoms with Gasteiger partial charge in [-0.25, -0.2) is 0 Å². The summed E-state index contributed by atoms with van der Waals surface area (Å²) in [6.45, 7) is 7.40. The third kappa shape index (κ3) is 4.10. The SMILES string of the molecule is COC1=CC(CO)(COC(=O)C(C)(C)C)C=C(C)C1. The number of carbonyl (C=O) groups excluding carboxylic acids is 1. The summed E-state index contributed by atoms with van der Waals surface area (Å²) in [6.07, 6.45) is 4.52. The monoisotopic (exact) mass is 268 g/mol. The first-order chi connectivity index (χ1) is 8.72. The van der Waals surface area contributed by atoms with E-state index in [1.807, 2.05) is 19.1 Å². The van der Waals surface area contributed by atoms with Crippen molar-refractivity contribution in [2.24, 2.45) is 10.8 Å². The molecule has 0 amide bonds. The van der Waals surface area contributed by atoms with Crippen molar-refractivity contribution in [2.45, 2.75) is 34.1 Å². The number of hydrogen-bond acceptors (Lipinski definition) is 4. The van der Waals surface area contributed by atoms with Gasteiger partial charge in [0.2, 0.25) is 0 Å². The summed E-state index contributed by atoms with van der Waals surface area (Å²) < 4.78 is 10.6. The predicted molar refractivity (Wildman–Crippen MR) is 73.4 cm³/mol. The van der Waals surface area contributed by atoms with Crippen molar-refractivity contribution in [1.82, 2.24) is 0 Å². The van der Waals surface area contributed by atoms with E-state index < -0.39 is 10.8 Å². The number of allylic oxidation sites excluding steroid dienone is 1. The highest BCUT2D eigenvalue weighted by atomic mass is 16.5. The molecule has 0 saturated carbocycles. The average molecular weight is 268 g/mol. The minimum atomic E-state index is -0.672. The smallest absolute Gasteiger partial charge is 0.311 e. The molecule has 0 spiro atoms. The molecule has 1 N–H and O–H groups in total. The lowest BCUT2D eigenvalue weighted by atomic mass is 9.82. The van der Waals surface area contributed by atoms with Crippen LogP contribution in [-0.2, 0) is 14.3 Å². The minimum absolute atomic E-state index is 0.116. The number of methoxy groups -OCH3 is 1. The van der Waals surface area contributed by atoms with Gasteiger partial charge in [-0.1, -0.05) is 11.6 Å². The number of hydrogen-bond donors (Lipinski definition) is 1. The van der Waals surface area contributed by atoms with Crippen LogP contribution in [0.15, 0.2) is 23.5 Å². The second-order valence-electron chi connectivity index (χ2n) is 6.20. The molecule has 0 radical (unpaired) electrons. The molecule has 1 atom stereocenters. The molecule has 4 nitrogen and oxygen atoms in total. The van der Waals surface area contributed by atoms with Crippen LogP contribution in [0.25, 0.3) is 0 Å². The molecule has 0 aromatic heterocycles. The molecular formula is C15H24O4. The molecule has 0 saturated heterocycles. The van der Waals surface area contributed by atoms with E-state index in [1.54, 1.807) is 27.9 Å². The van der Waals surface area contributed by atoms with Gasteiger partial charge in [-0.15, -0.1) is 0 Å². The number of carbonyl (C=O) groups is 1. The van der Waals surface area contributed by atoms with E-state index in [2.05, 4.69) is 0 Å². The maximum Gasteiger partial charge on any atom is 0.311 e. The van der Waals surface area contributed by atoms with Crippen molar-refractivity contribution in [3.8, 4) is 0 Å². The van der Waals surface area contributed by atoms with Gasteiger partial charge in [-0.05, 0) is 33.8 Å². The van der Waals surface area contributed by atoms with Gasteiger partial charge in [0, 0.05) is 6.42 Å². The maximum atomic E-state index is 11.8. The van der Waals surface area contributed by atoms with E-state index in [4.69, 9.17) is 9.47 Å². The zero-order chi connectivity index (χ0) is 14.7. The quantitative estimate of drug-likeness (QED) is 0.628. The first-order valence-electron chi connectivity index (χ1n) is 6.44. The van der Waals surface area contributed by atoms with Gasteiger partial charge in [0.1, 0.15) is 6.61 Å². The highest BCUT2D eigenvalue weighted by Gasteiger charge is 2.33. The molecule has 0 aliphatic heterocycles. The van der Waals surface area contributed by atoms with E-state index in [0.29, 0.717) is 0 Å². The molecule has 4 heteroatoms. The number of ether oxygens (including phenoxy) is 2. The zero-order valence-electron chi connectivity index (χ0n) is 12.4. The third-order valence-electron chi connectivity index (χ3n) is 3.08. The molecule has 0 aromatic carbocycles. The number of esters is 1. The molecule has 1 unspecified atom stereocenters. The van der Waals surface area contributed by atoms with E-state index >= 15 is 0 Å². The van der Waals surface area contributed by atoms with Crippen LogP contribution < -0.4 is 0 Å². The minimum Gasteiger partial charge on any atom is -0.501 e. The van der Waals surface area contributed by atoms with Crippen molar-refractivity contribution >= 4 is 5.97 Å². The predicted octanol–water partition coefficient (Wildman–Crippen LogP) is 2.43. The molecule has 0 heterocycles. The largest absolute Gasteiger partial charge is 0.501 e. The van der Waals surface area contributed by atoms with Gasteiger partial charge in [-0.3, -0.25) is 4.79 Å². The molecule has 1 aliphatic carbocycles. The molecule has 1 aliphatic rings. The van der Waals surface area contributed by atoms with Crippen molar-refractivity contribution < 1.29 is 19.4 Å². The average Bonchev–Trinajstić information content (AvgIpc) is 2.34. The summed E-state index contributed by atoms with van der Waals surface area (Å²) in [5.74, 6) is 0.519. The Hall–Kier alpha value is -1.29. The molecular weight excluding hydrogens is 244 g/mol. The van der Waals surface area contributed by atoms with Crippen molar-refractivity contribution in [3.05, 3.63) is 23.5 Å². The van der Waals surface area contributed by atoms with Crippen LogP contribution in [0, 0.1) is 10.8 Å². The van der Waals surface area contributed by atoms with Gasteiger partial charge in [0.05, 0.1) is 30.3 Å². The highest BCUT2D eigenvalue weighted by Crippen LogP contribution is 2.33. The van der Waals surface area contributed by atoms with Crippen LogP contribution in [0.1, 0.15) is 34.1 Å². The lowest BCUT2D eigenvalue weighted by Crippen LogP contribution is -2.34. The zero-order valence-corrected chi connectivity index (χ0v) is 12.4. The third-order valence-corrected chi connectivity index (χ3v) is 3.08. The van der Waals surface area contributed by atoms with Crippen LogP contribution in [0.2, 0.25) is 0 Å². The summed E-state index contributed by atoms with van der Waals surface area (Å²) in [5.41, 5.74) is -0.118. The van der Waals surface area contributed by atoms with Crippen LogP contribution in [0.3, 0.4) is 0 Å². The lowest BCUT2D eigenvalue weighted by molar-refractivity contribution is -0.155. The van der Waals surface area contributed by atoms with Gasteiger partial charge in [0.15, 0.2) is 0 Å². The van der Waals surface area contributed by atoms with E-state index in [-0.39, 0.29) is 19.2 Å². The van der Waals surface area contributed by atoms with E-state index in [9.17, 15) is 9.90 Å². The molecule has 1 rings (SSSR count). The fourth-order valence-corrected chi connectivity index (χ4v) is 2.00. The normalized spacial score (nSPS) is 23.5. The van der Waals surface area contributed by atoms with Crippen molar-refractivity contribution in [2.75, 3.05) is 20.3 Å². The lowest BCUT2D eigenvalue weighted by Gasteiger charge is -2.31. The summed E-state index contributed by atoms with van der Waals surface area (Å²) in [4.78, 5) is 11.8. The van der Waals surface area contributed by atoms with Gasteiger partial charge in [-0.2, -0.15) is 0 Å². The Labute approximate surface area is 115 Å². The molecule has 19 heavy (non-hydrogen) atoms. The number of aliphatic hydroxyl groups excluding tert-OH is 1. The van der Waals surface area contributed by atoms with Crippen LogP contribution in [-0.4, -0.2) is 31.4 Å². The van der Waals surface area contributed by atoms with Crippen molar-refractivity contribution in [1.29, 1.82) is 0 Å². The number of aliphatic hydroxyl groups is 1. The Morgan fingerprint density at radius 2 is 2.05 bits per heavy atom. The number of rotatable bonds is 4. The van der Waals surface area contributed by atoms with Crippen LogP contribution >= 0.6 is 0 Å². The first kappa shape index (κ1) is 15.8. The topological polar surface area (TPSA) is 55.8 Å². The second kappa shape index (κ2) is 5.78. The summed E-state index contributed by atoms with van der Waals surface area (Å²) in [5, 5.41) is 9.65. The van der Waals surface area contributed by atoms with E-state index in [0.717, 1.165) is 17.8 Å². The summed E-state index contributed by atoms with van der Waals surface area (Å²) in [6, 6.07) is 0. The van der Waals surface area contributed by atoms with Crippen molar-refractivity contribution in [3.63, 3.8) is 0 Å². The van der Waals surface area contributed by atoms with Gasteiger partial charge in [0.25, 0.3) is 0 Å². The molecule has 0 aromatic rings. The van der Waals surface area contributed by atoms with Crippen LogP contribution in [0.5, 0.6) is 0 Å². The standard InChI is InChI=1S/C15H24O4/c1-11-6-12(18-5)8-15(7-11,9-16)10-19-13(17)14(2,3)4/h7-8,16H,6,9-10H2,1-5H3. The molecule has 108 valence electrons. The first-order valence-corrected chi connectivity index (χ1v) is 6.44. The maximum absolute atomic E-state index is 11.8. The molecule has 0 fully saturated rings. The Kier molecular flexibility index (Phi) is 4.80. The second-order valence-corrected chi connectivity index (χ2v) is 6.20.